The zero-order valence-electron chi connectivity index (χ0n) is 11.7. The van der Waals surface area contributed by atoms with Crippen LogP contribution in [0.4, 0.5) is 0 Å². The van der Waals surface area contributed by atoms with Gasteiger partial charge in [-0.25, -0.2) is 4.98 Å². The van der Waals surface area contributed by atoms with Gasteiger partial charge in [0.15, 0.2) is 0 Å². The van der Waals surface area contributed by atoms with Crippen molar-refractivity contribution in [2.75, 3.05) is 0 Å². The van der Waals surface area contributed by atoms with Crippen LogP contribution < -0.4 is 5.73 Å². The number of aryl methyl sites for hydroxylation is 3. The van der Waals surface area contributed by atoms with E-state index >= 15 is 0 Å². The van der Waals surface area contributed by atoms with Crippen molar-refractivity contribution in [2.24, 2.45) is 11.7 Å². The molecule has 0 bridgehead atoms. The average Bonchev–Trinajstić information content (AvgIpc) is 3.07. The van der Waals surface area contributed by atoms with E-state index in [1.807, 2.05) is 0 Å². The fourth-order valence-corrected chi connectivity index (χ4v) is 3.70. The molecular formula is C16H20N2S. The Bertz CT molecular complexity index is 588. The van der Waals surface area contributed by atoms with Gasteiger partial charge in [0.1, 0.15) is 5.01 Å². The molecule has 2 aromatic rings. The zero-order valence-corrected chi connectivity index (χ0v) is 12.6. The quantitative estimate of drug-likeness (QED) is 0.911. The summed E-state index contributed by atoms with van der Waals surface area (Å²) in [6.45, 7) is 6.46. The summed E-state index contributed by atoms with van der Waals surface area (Å²) in [6, 6.07) is 4.59. The van der Waals surface area contributed by atoms with E-state index in [1.165, 1.54) is 35.1 Å². The van der Waals surface area contributed by atoms with Gasteiger partial charge < -0.3 is 5.73 Å². The van der Waals surface area contributed by atoms with Crippen LogP contribution in [0.3, 0.4) is 0 Å². The summed E-state index contributed by atoms with van der Waals surface area (Å²) < 4.78 is 0. The van der Waals surface area contributed by atoms with Crippen molar-refractivity contribution in [1.82, 2.24) is 4.98 Å². The highest BCUT2D eigenvalue weighted by Crippen LogP contribution is 2.41. The van der Waals surface area contributed by atoms with E-state index in [1.54, 1.807) is 11.3 Å². The molecule has 1 saturated carbocycles. The number of nitrogens with two attached hydrogens (primary N) is 1. The summed E-state index contributed by atoms with van der Waals surface area (Å²) in [7, 11) is 0. The van der Waals surface area contributed by atoms with Crippen LogP contribution in [-0.4, -0.2) is 4.98 Å². The molecule has 1 heterocycles. The van der Waals surface area contributed by atoms with Crippen molar-refractivity contribution < 1.29 is 0 Å². The van der Waals surface area contributed by atoms with Crippen molar-refractivity contribution in [2.45, 2.75) is 39.7 Å². The minimum absolute atomic E-state index is 0.143. The van der Waals surface area contributed by atoms with Crippen molar-refractivity contribution in [3.05, 3.63) is 39.2 Å². The third-order valence-electron chi connectivity index (χ3n) is 3.87. The monoisotopic (exact) mass is 272 g/mol. The Hall–Kier alpha value is -1.19. The second-order valence-electron chi connectivity index (χ2n) is 5.71. The SMILES string of the molecule is Cc1cc(C)c(-c2csc(C(N)C3CC3)n2)c(C)c1. The third-order valence-corrected chi connectivity index (χ3v) is 4.82. The van der Waals surface area contributed by atoms with Gasteiger partial charge in [-0.05, 0) is 50.7 Å². The van der Waals surface area contributed by atoms with Crippen LogP contribution in [0.25, 0.3) is 11.3 Å². The molecule has 2 nitrogen and oxygen atoms in total. The first-order chi connectivity index (χ1) is 9.06. The lowest BCUT2D eigenvalue weighted by molar-refractivity contribution is 0.629. The Morgan fingerprint density at radius 2 is 1.84 bits per heavy atom. The highest BCUT2D eigenvalue weighted by molar-refractivity contribution is 7.10. The summed E-state index contributed by atoms with van der Waals surface area (Å²) in [5.74, 6) is 0.666. The second kappa shape index (κ2) is 4.73. The lowest BCUT2D eigenvalue weighted by atomic mass is 9.98. The largest absolute Gasteiger partial charge is 0.322 e. The molecule has 1 aromatic carbocycles. The van der Waals surface area contributed by atoms with Crippen LogP contribution in [0.15, 0.2) is 17.5 Å². The van der Waals surface area contributed by atoms with E-state index in [0.29, 0.717) is 5.92 Å². The van der Waals surface area contributed by atoms with Crippen LogP contribution in [0.1, 0.15) is 40.6 Å². The molecule has 3 heteroatoms. The highest BCUT2D eigenvalue weighted by atomic mass is 32.1. The third kappa shape index (κ3) is 2.45. The summed E-state index contributed by atoms with van der Waals surface area (Å²) >= 11 is 1.71. The van der Waals surface area contributed by atoms with Crippen molar-refractivity contribution in [3.8, 4) is 11.3 Å². The van der Waals surface area contributed by atoms with E-state index in [2.05, 4.69) is 38.3 Å². The van der Waals surface area contributed by atoms with E-state index in [0.717, 1.165) is 10.7 Å². The van der Waals surface area contributed by atoms with E-state index in [4.69, 9.17) is 10.7 Å². The molecule has 1 fully saturated rings. The molecule has 0 saturated heterocycles. The normalized spacial score (nSPS) is 16.6. The first kappa shape index (κ1) is 12.8. The minimum atomic E-state index is 0.143. The number of thiazole rings is 1. The number of aromatic nitrogens is 1. The van der Waals surface area contributed by atoms with Gasteiger partial charge in [0.05, 0.1) is 11.7 Å². The number of nitrogens with zero attached hydrogens (tertiary/aromatic N) is 1. The summed E-state index contributed by atoms with van der Waals surface area (Å²) in [6.07, 6.45) is 2.53. The standard InChI is InChI=1S/C16H20N2S/c1-9-6-10(2)14(11(3)7-9)13-8-19-16(18-13)15(17)12-4-5-12/h6-8,12,15H,4-5,17H2,1-3H3. The molecule has 2 N–H and O–H groups in total. The van der Waals surface area contributed by atoms with Crippen LogP contribution in [0.5, 0.6) is 0 Å². The molecule has 0 aliphatic heterocycles. The molecule has 19 heavy (non-hydrogen) atoms. The van der Waals surface area contributed by atoms with Gasteiger partial charge in [-0.2, -0.15) is 0 Å². The highest BCUT2D eigenvalue weighted by Gasteiger charge is 2.31. The molecule has 0 spiro atoms. The van der Waals surface area contributed by atoms with Crippen LogP contribution >= 0.6 is 11.3 Å². The molecule has 1 atom stereocenters. The molecule has 1 aliphatic carbocycles. The van der Waals surface area contributed by atoms with Crippen molar-refractivity contribution in [3.63, 3.8) is 0 Å². The zero-order chi connectivity index (χ0) is 13.6. The molecule has 1 aliphatic rings. The molecule has 100 valence electrons. The Labute approximate surface area is 118 Å². The van der Waals surface area contributed by atoms with Gasteiger partial charge in [0, 0.05) is 10.9 Å². The average molecular weight is 272 g/mol. The van der Waals surface area contributed by atoms with E-state index in [9.17, 15) is 0 Å². The Morgan fingerprint density at radius 3 is 2.42 bits per heavy atom. The van der Waals surface area contributed by atoms with Gasteiger partial charge in [0.25, 0.3) is 0 Å². The maximum atomic E-state index is 6.24. The Balaban J connectivity index is 1.98. The van der Waals surface area contributed by atoms with Crippen LogP contribution in [0, 0.1) is 26.7 Å². The lowest BCUT2D eigenvalue weighted by Gasteiger charge is -2.09. The fourth-order valence-electron chi connectivity index (χ4n) is 2.80. The van der Waals surface area contributed by atoms with Crippen LogP contribution in [0.2, 0.25) is 0 Å². The molecule has 3 rings (SSSR count). The fraction of sp³-hybridized carbons (Fsp3) is 0.438. The maximum absolute atomic E-state index is 6.24. The van der Waals surface area contributed by atoms with Crippen molar-refractivity contribution >= 4 is 11.3 Å². The predicted octanol–water partition coefficient (Wildman–Crippen LogP) is 4.15. The van der Waals surface area contributed by atoms with Crippen molar-refractivity contribution in [1.29, 1.82) is 0 Å². The van der Waals surface area contributed by atoms with Gasteiger partial charge in [-0.3, -0.25) is 0 Å². The number of benzene rings is 1. The van der Waals surface area contributed by atoms with Gasteiger partial charge in [0.2, 0.25) is 0 Å². The van der Waals surface area contributed by atoms with Crippen LogP contribution in [-0.2, 0) is 0 Å². The Kier molecular flexibility index (Phi) is 3.19. The summed E-state index contributed by atoms with van der Waals surface area (Å²) in [4.78, 5) is 4.79. The Morgan fingerprint density at radius 1 is 1.21 bits per heavy atom. The summed E-state index contributed by atoms with van der Waals surface area (Å²) in [5, 5.41) is 3.25. The van der Waals surface area contributed by atoms with Gasteiger partial charge in [-0.15, -0.1) is 11.3 Å². The first-order valence-corrected chi connectivity index (χ1v) is 7.73. The second-order valence-corrected chi connectivity index (χ2v) is 6.60. The number of hydrogen-bond donors (Lipinski definition) is 1. The maximum Gasteiger partial charge on any atom is 0.110 e. The summed E-state index contributed by atoms with van der Waals surface area (Å²) in [5.41, 5.74) is 12.5. The smallest absolute Gasteiger partial charge is 0.110 e. The van der Waals surface area contributed by atoms with Gasteiger partial charge >= 0.3 is 0 Å². The first-order valence-electron chi connectivity index (χ1n) is 6.85. The molecule has 0 amide bonds. The van der Waals surface area contributed by atoms with E-state index < -0.39 is 0 Å². The molecular weight excluding hydrogens is 252 g/mol. The van der Waals surface area contributed by atoms with E-state index in [-0.39, 0.29) is 6.04 Å². The topological polar surface area (TPSA) is 38.9 Å². The molecule has 1 aromatic heterocycles. The molecule has 0 radical (unpaired) electrons. The lowest BCUT2D eigenvalue weighted by Crippen LogP contribution is -2.11. The minimum Gasteiger partial charge on any atom is -0.322 e. The van der Waals surface area contributed by atoms with Gasteiger partial charge in [-0.1, -0.05) is 17.7 Å². The number of rotatable bonds is 3. The number of hydrogen-bond acceptors (Lipinski definition) is 3. The molecule has 1 unspecified atom stereocenters. The predicted molar refractivity (Wildman–Crippen MR) is 81.4 cm³/mol.